The van der Waals surface area contributed by atoms with Crippen LogP contribution in [0.25, 0.3) is 0 Å². The predicted molar refractivity (Wildman–Crippen MR) is 104 cm³/mol. The van der Waals surface area contributed by atoms with E-state index in [0.29, 0.717) is 25.4 Å². The molecule has 27 heavy (non-hydrogen) atoms. The van der Waals surface area contributed by atoms with E-state index >= 15 is 0 Å². The number of halogens is 4. The second-order valence-electron chi connectivity index (χ2n) is 6.36. The first-order chi connectivity index (χ1) is 12.5. The minimum atomic E-state index is -4.34. The SMILES string of the molecule is Cl.FC(F)(F)c1ccc2c(c1)N(CCN1CCOCC1)c1ccccc1S2. The van der Waals surface area contributed by atoms with Gasteiger partial charge < -0.3 is 9.64 Å². The number of ether oxygens (including phenoxy) is 1. The standard InChI is InChI=1S/C19H19F3N2OS.ClH/c20-19(21,22)14-5-6-18-16(13-14)24(8-7-23-9-11-25-12-10-23)15-3-1-2-4-17(15)26-18;/h1-6,13H,7-12H2;1H. The normalized spacial score (nSPS) is 17.1. The molecule has 146 valence electrons. The summed E-state index contributed by atoms with van der Waals surface area (Å²) in [7, 11) is 0. The predicted octanol–water partition coefficient (Wildman–Crippen LogP) is 5.06. The summed E-state index contributed by atoms with van der Waals surface area (Å²) in [5.74, 6) is 0. The van der Waals surface area contributed by atoms with Crippen molar-refractivity contribution in [3.8, 4) is 0 Å². The number of para-hydroxylation sites is 1. The average Bonchev–Trinajstić information content (AvgIpc) is 2.65. The number of alkyl halides is 3. The lowest BCUT2D eigenvalue weighted by Crippen LogP contribution is -2.41. The summed E-state index contributed by atoms with van der Waals surface area (Å²) in [5, 5.41) is 0. The maximum Gasteiger partial charge on any atom is 0.416 e. The van der Waals surface area contributed by atoms with Gasteiger partial charge in [0, 0.05) is 36.0 Å². The highest BCUT2D eigenvalue weighted by molar-refractivity contribution is 7.99. The van der Waals surface area contributed by atoms with E-state index in [1.807, 2.05) is 29.2 Å². The molecule has 0 unspecified atom stereocenters. The van der Waals surface area contributed by atoms with Crippen molar-refractivity contribution in [1.29, 1.82) is 0 Å². The highest BCUT2D eigenvalue weighted by Gasteiger charge is 2.33. The van der Waals surface area contributed by atoms with Crippen LogP contribution in [0.1, 0.15) is 5.56 Å². The van der Waals surface area contributed by atoms with Crippen LogP contribution in [0.5, 0.6) is 0 Å². The highest BCUT2D eigenvalue weighted by Crippen LogP contribution is 2.49. The van der Waals surface area contributed by atoms with Crippen molar-refractivity contribution in [2.24, 2.45) is 0 Å². The maximum atomic E-state index is 13.2. The first-order valence-electron chi connectivity index (χ1n) is 8.58. The van der Waals surface area contributed by atoms with Gasteiger partial charge in [0.25, 0.3) is 0 Å². The number of anilines is 2. The molecule has 2 aliphatic heterocycles. The maximum absolute atomic E-state index is 13.2. The first-order valence-corrected chi connectivity index (χ1v) is 9.40. The van der Waals surface area contributed by atoms with Gasteiger partial charge >= 0.3 is 6.18 Å². The minimum Gasteiger partial charge on any atom is -0.379 e. The van der Waals surface area contributed by atoms with Gasteiger partial charge in [-0.25, -0.2) is 0 Å². The molecule has 2 aliphatic rings. The van der Waals surface area contributed by atoms with Gasteiger partial charge in [0.1, 0.15) is 0 Å². The molecule has 0 aliphatic carbocycles. The summed E-state index contributed by atoms with van der Waals surface area (Å²) >= 11 is 1.52. The van der Waals surface area contributed by atoms with Crippen molar-refractivity contribution >= 4 is 35.5 Å². The van der Waals surface area contributed by atoms with Crippen molar-refractivity contribution in [3.63, 3.8) is 0 Å². The molecule has 4 rings (SSSR count). The van der Waals surface area contributed by atoms with E-state index in [0.717, 1.165) is 35.1 Å². The van der Waals surface area contributed by atoms with Crippen molar-refractivity contribution in [3.05, 3.63) is 48.0 Å². The number of nitrogens with zero attached hydrogens (tertiary/aromatic N) is 2. The minimum absolute atomic E-state index is 0. The topological polar surface area (TPSA) is 15.7 Å². The van der Waals surface area contributed by atoms with Gasteiger partial charge in [-0.2, -0.15) is 13.2 Å². The van der Waals surface area contributed by atoms with Crippen LogP contribution in [0.15, 0.2) is 52.3 Å². The lowest BCUT2D eigenvalue weighted by Gasteiger charge is -2.35. The zero-order valence-corrected chi connectivity index (χ0v) is 16.2. The molecular formula is C19H20ClF3N2OS. The second kappa shape index (κ2) is 8.31. The fourth-order valence-corrected chi connectivity index (χ4v) is 4.39. The van der Waals surface area contributed by atoms with E-state index in [1.54, 1.807) is 6.07 Å². The molecular weight excluding hydrogens is 397 g/mol. The smallest absolute Gasteiger partial charge is 0.379 e. The second-order valence-corrected chi connectivity index (χ2v) is 7.44. The van der Waals surface area contributed by atoms with Gasteiger partial charge in [0.15, 0.2) is 0 Å². The Morgan fingerprint density at radius 3 is 2.37 bits per heavy atom. The van der Waals surface area contributed by atoms with E-state index in [2.05, 4.69) is 4.90 Å². The number of fused-ring (bicyclic) bond motifs is 2. The van der Waals surface area contributed by atoms with E-state index < -0.39 is 11.7 Å². The van der Waals surface area contributed by atoms with Crippen LogP contribution in [-0.4, -0.2) is 44.3 Å². The molecule has 2 heterocycles. The van der Waals surface area contributed by atoms with Crippen molar-refractivity contribution in [2.75, 3.05) is 44.3 Å². The summed E-state index contributed by atoms with van der Waals surface area (Å²) in [4.78, 5) is 6.24. The third-order valence-corrected chi connectivity index (χ3v) is 5.83. The molecule has 0 atom stereocenters. The molecule has 0 saturated carbocycles. The Bertz CT molecular complexity index is 797. The quantitative estimate of drug-likeness (QED) is 0.694. The molecule has 3 nitrogen and oxygen atoms in total. The molecule has 1 fully saturated rings. The first kappa shape index (κ1) is 20.3. The van der Waals surface area contributed by atoms with E-state index in [9.17, 15) is 13.2 Å². The lowest BCUT2D eigenvalue weighted by atomic mass is 10.1. The van der Waals surface area contributed by atoms with Gasteiger partial charge in [-0.1, -0.05) is 23.9 Å². The molecule has 0 N–H and O–H groups in total. The molecule has 1 saturated heterocycles. The van der Waals surface area contributed by atoms with Crippen LogP contribution in [0.3, 0.4) is 0 Å². The van der Waals surface area contributed by atoms with Crippen LogP contribution in [0, 0.1) is 0 Å². The summed E-state index contributed by atoms with van der Waals surface area (Å²) in [6.07, 6.45) is -4.34. The van der Waals surface area contributed by atoms with Gasteiger partial charge in [0.2, 0.25) is 0 Å². The largest absolute Gasteiger partial charge is 0.416 e. The van der Waals surface area contributed by atoms with Gasteiger partial charge in [0.05, 0.1) is 30.2 Å². The summed E-state index contributed by atoms with van der Waals surface area (Å²) < 4.78 is 45.0. The van der Waals surface area contributed by atoms with Gasteiger partial charge in [-0.15, -0.1) is 12.4 Å². The third-order valence-electron chi connectivity index (χ3n) is 4.70. The van der Waals surface area contributed by atoms with Crippen molar-refractivity contribution in [1.82, 2.24) is 4.90 Å². The molecule has 2 aromatic rings. The summed E-state index contributed by atoms with van der Waals surface area (Å²) in [6, 6.07) is 11.9. The van der Waals surface area contributed by atoms with Gasteiger partial charge in [-0.3, -0.25) is 4.90 Å². The molecule has 0 spiro atoms. The Morgan fingerprint density at radius 1 is 0.926 bits per heavy atom. The Balaban J connectivity index is 0.00000210. The zero-order valence-electron chi connectivity index (χ0n) is 14.5. The van der Waals surface area contributed by atoms with E-state index in [4.69, 9.17) is 4.74 Å². The molecule has 2 aromatic carbocycles. The van der Waals surface area contributed by atoms with E-state index in [-0.39, 0.29) is 12.4 Å². The zero-order chi connectivity index (χ0) is 18.1. The number of hydrogen-bond acceptors (Lipinski definition) is 4. The Labute approximate surface area is 166 Å². The fourth-order valence-electron chi connectivity index (χ4n) is 3.31. The van der Waals surface area contributed by atoms with Crippen LogP contribution in [0.4, 0.5) is 24.5 Å². The number of benzene rings is 2. The Kier molecular flexibility index (Phi) is 6.25. The van der Waals surface area contributed by atoms with E-state index in [1.165, 1.54) is 23.9 Å². The monoisotopic (exact) mass is 416 g/mol. The number of morpholine rings is 1. The molecule has 0 aromatic heterocycles. The number of hydrogen-bond donors (Lipinski definition) is 0. The highest BCUT2D eigenvalue weighted by atomic mass is 35.5. The molecule has 0 bridgehead atoms. The van der Waals surface area contributed by atoms with Crippen molar-refractivity contribution in [2.45, 2.75) is 16.0 Å². The van der Waals surface area contributed by atoms with Crippen molar-refractivity contribution < 1.29 is 17.9 Å². The van der Waals surface area contributed by atoms with Crippen LogP contribution in [0.2, 0.25) is 0 Å². The average molecular weight is 417 g/mol. The number of rotatable bonds is 3. The Hall–Kier alpha value is -1.41. The Morgan fingerprint density at radius 2 is 1.63 bits per heavy atom. The molecule has 0 amide bonds. The third kappa shape index (κ3) is 4.37. The van der Waals surface area contributed by atoms with Gasteiger partial charge in [-0.05, 0) is 30.3 Å². The summed E-state index contributed by atoms with van der Waals surface area (Å²) in [5.41, 5.74) is 1.00. The lowest BCUT2D eigenvalue weighted by molar-refractivity contribution is -0.137. The molecule has 8 heteroatoms. The van der Waals surface area contributed by atoms with Crippen LogP contribution < -0.4 is 4.90 Å². The summed E-state index contributed by atoms with van der Waals surface area (Å²) in [6.45, 7) is 4.58. The van der Waals surface area contributed by atoms with Crippen LogP contribution in [-0.2, 0) is 10.9 Å². The molecule has 0 radical (unpaired) electrons. The fraction of sp³-hybridized carbons (Fsp3) is 0.368. The van der Waals surface area contributed by atoms with Crippen LogP contribution >= 0.6 is 24.2 Å².